The first-order valence-electron chi connectivity index (χ1n) is 5.50. The molecule has 76 valence electrons. The fraction of sp³-hybridized carbons (Fsp3) is 0.833. The molecular formula is C12H22O. The number of hydrogen-bond donors (Lipinski definition) is 1. The van der Waals surface area contributed by atoms with Gasteiger partial charge >= 0.3 is 0 Å². The van der Waals surface area contributed by atoms with Crippen molar-refractivity contribution in [1.29, 1.82) is 0 Å². The molecule has 1 nitrogen and oxygen atoms in total. The van der Waals surface area contributed by atoms with Gasteiger partial charge in [-0.05, 0) is 44.9 Å². The molecule has 0 saturated heterocycles. The van der Waals surface area contributed by atoms with E-state index < -0.39 is 0 Å². The number of allylic oxidation sites excluding steroid dienone is 1. The Labute approximate surface area is 81.9 Å². The van der Waals surface area contributed by atoms with Crippen LogP contribution in [-0.2, 0) is 0 Å². The third kappa shape index (κ3) is 3.15. The standard InChI is InChI=1S/C12H22O/c1-3-4-5-8-11-9-6-7-10-12(11,2)13/h3,11,13H,1,4-10H2,2H3/t11-,12-/m0/s1. The van der Waals surface area contributed by atoms with E-state index in [0.717, 1.165) is 12.8 Å². The van der Waals surface area contributed by atoms with Crippen LogP contribution < -0.4 is 0 Å². The van der Waals surface area contributed by atoms with Crippen LogP contribution in [0.5, 0.6) is 0 Å². The van der Waals surface area contributed by atoms with Crippen molar-refractivity contribution < 1.29 is 5.11 Å². The molecule has 0 spiro atoms. The maximum absolute atomic E-state index is 10.1. The number of aliphatic hydroxyl groups is 1. The molecule has 1 fully saturated rings. The molecule has 0 aromatic carbocycles. The predicted octanol–water partition coefficient (Wildman–Crippen LogP) is 3.28. The summed E-state index contributed by atoms with van der Waals surface area (Å²) < 4.78 is 0. The quantitative estimate of drug-likeness (QED) is 0.522. The molecule has 0 aromatic rings. The van der Waals surface area contributed by atoms with E-state index in [0.29, 0.717) is 5.92 Å². The van der Waals surface area contributed by atoms with E-state index in [2.05, 4.69) is 6.58 Å². The molecule has 0 unspecified atom stereocenters. The largest absolute Gasteiger partial charge is 0.390 e. The van der Waals surface area contributed by atoms with Crippen molar-refractivity contribution in [2.24, 2.45) is 5.92 Å². The lowest BCUT2D eigenvalue weighted by Gasteiger charge is -2.37. The molecule has 1 aliphatic rings. The van der Waals surface area contributed by atoms with Gasteiger partial charge in [0.05, 0.1) is 5.60 Å². The van der Waals surface area contributed by atoms with E-state index in [1.54, 1.807) is 0 Å². The van der Waals surface area contributed by atoms with E-state index in [1.807, 2.05) is 13.0 Å². The molecule has 0 bridgehead atoms. The maximum Gasteiger partial charge on any atom is 0.0647 e. The van der Waals surface area contributed by atoms with E-state index in [9.17, 15) is 5.11 Å². The third-order valence-electron chi connectivity index (χ3n) is 3.33. The molecule has 0 aromatic heterocycles. The van der Waals surface area contributed by atoms with Gasteiger partial charge in [-0.2, -0.15) is 0 Å². The first-order valence-corrected chi connectivity index (χ1v) is 5.50. The summed E-state index contributed by atoms with van der Waals surface area (Å²) in [5.74, 6) is 0.529. The smallest absolute Gasteiger partial charge is 0.0647 e. The Kier molecular flexibility index (Phi) is 3.98. The molecule has 2 atom stereocenters. The molecule has 1 aliphatic carbocycles. The van der Waals surface area contributed by atoms with Crippen molar-refractivity contribution in [3.05, 3.63) is 12.7 Å². The minimum atomic E-state index is -0.389. The Morgan fingerprint density at radius 1 is 1.54 bits per heavy atom. The first kappa shape index (κ1) is 10.8. The van der Waals surface area contributed by atoms with E-state index >= 15 is 0 Å². The first-order chi connectivity index (χ1) is 6.17. The minimum Gasteiger partial charge on any atom is -0.390 e. The molecule has 1 saturated carbocycles. The molecule has 0 aliphatic heterocycles. The summed E-state index contributed by atoms with van der Waals surface area (Å²) in [6.07, 6.45) is 10.1. The van der Waals surface area contributed by atoms with Crippen LogP contribution in [0.15, 0.2) is 12.7 Å². The van der Waals surface area contributed by atoms with E-state index in [4.69, 9.17) is 0 Å². The zero-order valence-electron chi connectivity index (χ0n) is 8.76. The van der Waals surface area contributed by atoms with Gasteiger partial charge < -0.3 is 5.11 Å². The summed E-state index contributed by atoms with van der Waals surface area (Å²) in [5, 5.41) is 10.1. The van der Waals surface area contributed by atoms with Gasteiger partial charge in [0.1, 0.15) is 0 Å². The van der Waals surface area contributed by atoms with Gasteiger partial charge in [0.15, 0.2) is 0 Å². The van der Waals surface area contributed by atoms with Crippen LogP contribution in [0.1, 0.15) is 51.9 Å². The normalized spacial score (nSPS) is 34.5. The molecule has 13 heavy (non-hydrogen) atoms. The van der Waals surface area contributed by atoms with Crippen LogP contribution in [-0.4, -0.2) is 10.7 Å². The van der Waals surface area contributed by atoms with Gasteiger partial charge in [0.2, 0.25) is 0 Å². The van der Waals surface area contributed by atoms with Gasteiger partial charge in [0, 0.05) is 0 Å². The van der Waals surface area contributed by atoms with Gasteiger partial charge in [-0.1, -0.05) is 18.9 Å². The molecule has 0 amide bonds. The van der Waals surface area contributed by atoms with E-state index in [-0.39, 0.29) is 5.60 Å². The topological polar surface area (TPSA) is 20.2 Å². The average Bonchev–Trinajstić information content (AvgIpc) is 2.08. The second kappa shape index (κ2) is 4.80. The zero-order valence-corrected chi connectivity index (χ0v) is 8.76. The monoisotopic (exact) mass is 182 g/mol. The maximum atomic E-state index is 10.1. The van der Waals surface area contributed by atoms with Gasteiger partial charge in [-0.3, -0.25) is 0 Å². The molecular weight excluding hydrogens is 160 g/mol. The number of hydrogen-bond acceptors (Lipinski definition) is 1. The fourth-order valence-corrected chi connectivity index (χ4v) is 2.35. The van der Waals surface area contributed by atoms with Crippen LogP contribution >= 0.6 is 0 Å². The SMILES string of the molecule is C=CCCC[C@H]1CCCC[C@]1(C)O. The minimum absolute atomic E-state index is 0.389. The van der Waals surface area contributed by atoms with Crippen LogP contribution in [0.25, 0.3) is 0 Å². The molecule has 1 rings (SSSR count). The van der Waals surface area contributed by atoms with E-state index in [1.165, 1.54) is 32.1 Å². The van der Waals surface area contributed by atoms with Crippen LogP contribution in [0, 0.1) is 5.92 Å². The number of rotatable bonds is 4. The second-order valence-corrected chi connectivity index (χ2v) is 4.52. The van der Waals surface area contributed by atoms with Crippen LogP contribution in [0.3, 0.4) is 0 Å². The van der Waals surface area contributed by atoms with Crippen molar-refractivity contribution in [3.63, 3.8) is 0 Å². The van der Waals surface area contributed by atoms with Crippen molar-refractivity contribution >= 4 is 0 Å². The highest BCUT2D eigenvalue weighted by Gasteiger charge is 2.33. The Hall–Kier alpha value is -0.300. The molecule has 1 N–H and O–H groups in total. The highest BCUT2D eigenvalue weighted by atomic mass is 16.3. The van der Waals surface area contributed by atoms with Crippen LogP contribution in [0.2, 0.25) is 0 Å². The van der Waals surface area contributed by atoms with Crippen molar-refractivity contribution in [3.8, 4) is 0 Å². The zero-order chi connectivity index (χ0) is 9.73. The Bertz CT molecular complexity index is 161. The average molecular weight is 182 g/mol. The van der Waals surface area contributed by atoms with Crippen molar-refractivity contribution in [2.75, 3.05) is 0 Å². The highest BCUT2D eigenvalue weighted by molar-refractivity contribution is 4.86. The predicted molar refractivity (Wildman–Crippen MR) is 56.6 cm³/mol. The summed E-state index contributed by atoms with van der Waals surface area (Å²) in [5.41, 5.74) is -0.389. The van der Waals surface area contributed by atoms with Crippen molar-refractivity contribution in [2.45, 2.75) is 57.5 Å². The van der Waals surface area contributed by atoms with Gasteiger partial charge in [-0.15, -0.1) is 6.58 Å². The third-order valence-corrected chi connectivity index (χ3v) is 3.33. The Morgan fingerprint density at radius 3 is 2.92 bits per heavy atom. The molecule has 0 radical (unpaired) electrons. The summed E-state index contributed by atoms with van der Waals surface area (Å²) in [6.45, 7) is 5.72. The lowest BCUT2D eigenvalue weighted by atomic mass is 9.74. The summed E-state index contributed by atoms with van der Waals surface area (Å²) in [4.78, 5) is 0. The fourth-order valence-electron chi connectivity index (χ4n) is 2.35. The molecule has 0 heterocycles. The summed E-state index contributed by atoms with van der Waals surface area (Å²) in [6, 6.07) is 0. The van der Waals surface area contributed by atoms with Gasteiger partial charge in [-0.25, -0.2) is 0 Å². The highest BCUT2D eigenvalue weighted by Crippen LogP contribution is 2.36. The Balaban J connectivity index is 2.32. The molecule has 1 heteroatoms. The Morgan fingerprint density at radius 2 is 2.31 bits per heavy atom. The lowest BCUT2D eigenvalue weighted by molar-refractivity contribution is -0.0354. The summed E-state index contributed by atoms with van der Waals surface area (Å²) in [7, 11) is 0. The number of unbranched alkanes of at least 4 members (excludes halogenated alkanes) is 1. The lowest BCUT2D eigenvalue weighted by Crippen LogP contribution is -2.37. The van der Waals surface area contributed by atoms with Crippen molar-refractivity contribution in [1.82, 2.24) is 0 Å². The van der Waals surface area contributed by atoms with Gasteiger partial charge in [0.25, 0.3) is 0 Å². The van der Waals surface area contributed by atoms with Crippen LogP contribution in [0.4, 0.5) is 0 Å². The summed E-state index contributed by atoms with van der Waals surface area (Å²) >= 11 is 0. The second-order valence-electron chi connectivity index (χ2n) is 4.52.